The van der Waals surface area contributed by atoms with Crippen molar-refractivity contribution >= 4 is 11.6 Å². The third kappa shape index (κ3) is 4.13. The summed E-state index contributed by atoms with van der Waals surface area (Å²) < 4.78 is 3.11. The van der Waals surface area contributed by atoms with Crippen molar-refractivity contribution < 1.29 is 9.72 Å². The van der Waals surface area contributed by atoms with E-state index in [9.17, 15) is 14.9 Å². The fourth-order valence-electron chi connectivity index (χ4n) is 1.83. The SMILES string of the molecule is Cc1ccnn1CCCNC(=O)Cn1cc([N+](=O)[O-])cn1. The number of nitrogens with zero attached hydrogens (tertiary/aromatic N) is 5. The summed E-state index contributed by atoms with van der Waals surface area (Å²) in [5.74, 6) is -0.231. The van der Waals surface area contributed by atoms with Crippen LogP contribution in [0.2, 0.25) is 0 Å². The molecule has 0 spiro atoms. The number of hydrogen-bond acceptors (Lipinski definition) is 5. The highest BCUT2D eigenvalue weighted by molar-refractivity contribution is 5.75. The average Bonchev–Trinajstić information content (AvgIpc) is 3.04. The molecule has 2 rings (SSSR count). The lowest BCUT2D eigenvalue weighted by Crippen LogP contribution is -2.29. The van der Waals surface area contributed by atoms with Gasteiger partial charge in [0, 0.05) is 25.0 Å². The average molecular weight is 292 g/mol. The summed E-state index contributed by atoms with van der Waals surface area (Å²) in [6.07, 6.45) is 4.84. The van der Waals surface area contributed by atoms with Crippen molar-refractivity contribution in [3.63, 3.8) is 0 Å². The Morgan fingerprint density at radius 1 is 1.48 bits per heavy atom. The van der Waals surface area contributed by atoms with Crippen molar-refractivity contribution in [3.8, 4) is 0 Å². The molecule has 0 saturated heterocycles. The van der Waals surface area contributed by atoms with Crippen LogP contribution in [0.4, 0.5) is 5.69 Å². The van der Waals surface area contributed by atoms with Crippen molar-refractivity contribution in [1.29, 1.82) is 0 Å². The van der Waals surface area contributed by atoms with E-state index >= 15 is 0 Å². The predicted octanol–water partition coefficient (Wildman–Crippen LogP) is 0.503. The maximum atomic E-state index is 11.7. The second-order valence-electron chi connectivity index (χ2n) is 4.55. The Morgan fingerprint density at radius 2 is 2.29 bits per heavy atom. The van der Waals surface area contributed by atoms with Gasteiger partial charge in [0.2, 0.25) is 5.91 Å². The van der Waals surface area contributed by atoms with E-state index in [1.165, 1.54) is 10.9 Å². The summed E-state index contributed by atoms with van der Waals surface area (Å²) in [6, 6.07) is 1.92. The van der Waals surface area contributed by atoms with Gasteiger partial charge in [0.15, 0.2) is 0 Å². The number of amides is 1. The van der Waals surface area contributed by atoms with E-state index in [4.69, 9.17) is 0 Å². The first-order chi connectivity index (χ1) is 10.1. The summed E-state index contributed by atoms with van der Waals surface area (Å²) in [4.78, 5) is 21.6. The lowest BCUT2D eigenvalue weighted by molar-refractivity contribution is -0.385. The highest BCUT2D eigenvalue weighted by Crippen LogP contribution is 2.07. The Hall–Kier alpha value is -2.71. The molecule has 1 amide bonds. The summed E-state index contributed by atoms with van der Waals surface area (Å²) in [7, 11) is 0. The molecule has 0 fully saturated rings. The molecule has 2 aromatic rings. The zero-order chi connectivity index (χ0) is 15.2. The normalized spacial score (nSPS) is 10.5. The highest BCUT2D eigenvalue weighted by Gasteiger charge is 2.10. The van der Waals surface area contributed by atoms with E-state index in [1.54, 1.807) is 6.20 Å². The van der Waals surface area contributed by atoms with Crippen LogP contribution in [-0.2, 0) is 17.9 Å². The van der Waals surface area contributed by atoms with Crippen LogP contribution in [0.3, 0.4) is 0 Å². The molecule has 0 aliphatic carbocycles. The standard InChI is InChI=1S/C12H16N6O3/c1-10-3-5-14-17(10)6-2-4-13-12(19)9-16-8-11(7-15-16)18(20)21/h3,5,7-8H,2,4,6,9H2,1H3,(H,13,19). The Labute approximate surface area is 120 Å². The van der Waals surface area contributed by atoms with Gasteiger partial charge in [-0.1, -0.05) is 0 Å². The van der Waals surface area contributed by atoms with Gasteiger partial charge in [-0.05, 0) is 19.4 Å². The number of rotatable bonds is 7. The minimum atomic E-state index is -0.548. The van der Waals surface area contributed by atoms with Crippen LogP contribution in [-0.4, -0.2) is 36.9 Å². The number of carbonyl (C=O) groups excluding carboxylic acids is 1. The zero-order valence-electron chi connectivity index (χ0n) is 11.6. The third-order valence-electron chi connectivity index (χ3n) is 2.93. The van der Waals surface area contributed by atoms with Crippen molar-refractivity contribution in [2.45, 2.75) is 26.4 Å². The van der Waals surface area contributed by atoms with E-state index in [0.717, 1.165) is 24.9 Å². The number of nitro groups is 1. The fraction of sp³-hybridized carbons (Fsp3) is 0.417. The Kier molecular flexibility index (Phi) is 4.64. The second kappa shape index (κ2) is 6.64. The molecule has 0 radical (unpaired) electrons. The summed E-state index contributed by atoms with van der Waals surface area (Å²) >= 11 is 0. The zero-order valence-corrected chi connectivity index (χ0v) is 11.6. The molecule has 0 unspecified atom stereocenters. The molecule has 21 heavy (non-hydrogen) atoms. The van der Waals surface area contributed by atoms with Gasteiger partial charge < -0.3 is 5.32 Å². The first-order valence-corrected chi connectivity index (χ1v) is 6.48. The Bertz CT molecular complexity index is 632. The number of aryl methyl sites for hydroxylation is 2. The Morgan fingerprint density at radius 3 is 2.90 bits per heavy atom. The van der Waals surface area contributed by atoms with Crippen molar-refractivity contribution in [3.05, 3.63) is 40.5 Å². The van der Waals surface area contributed by atoms with Crippen molar-refractivity contribution in [2.24, 2.45) is 0 Å². The lowest BCUT2D eigenvalue weighted by Gasteiger charge is -2.06. The number of aromatic nitrogens is 4. The molecule has 0 saturated carbocycles. The molecule has 112 valence electrons. The molecule has 9 heteroatoms. The maximum absolute atomic E-state index is 11.7. The molecule has 1 N–H and O–H groups in total. The summed E-state index contributed by atoms with van der Waals surface area (Å²) in [5, 5.41) is 21.1. The van der Waals surface area contributed by atoms with Gasteiger partial charge in [-0.15, -0.1) is 0 Å². The van der Waals surface area contributed by atoms with E-state index in [0.29, 0.717) is 6.54 Å². The van der Waals surface area contributed by atoms with Gasteiger partial charge >= 0.3 is 5.69 Å². The van der Waals surface area contributed by atoms with Crippen LogP contribution in [0.1, 0.15) is 12.1 Å². The highest BCUT2D eigenvalue weighted by atomic mass is 16.6. The van der Waals surface area contributed by atoms with Gasteiger partial charge in [-0.25, -0.2) is 0 Å². The molecule has 0 aliphatic heterocycles. The van der Waals surface area contributed by atoms with E-state index in [1.807, 2.05) is 17.7 Å². The maximum Gasteiger partial charge on any atom is 0.307 e. The van der Waals surface area contributed by atoms with Gasteiger partial charge in [-0.2, -0.15) is 10.2 Å². The van der Waals surface area contributed by atoms with Gasteiger partial charge in [0.25, 0.3) is 0 Å². The lowest BCUT2D eigenvalue weighted by atomic mass is 10.4. The van der Waals surface area contributed by atoms with Crippen LogP contribution >= 0.6 is 0 Å². The van der Waals surface area contributed by atoms with Crippen LogP contribution in [0.15, 0.2) is 24.7 Å². The monoisotopic (exact) mass is 292 g/mol. The van der Waals surface area contributed by atoms with Crippen molar-refractivity contribution in [1.82, 2.24) is 24.9 Å². The molecule has 2 aromatic heterocycles. The predicted molar refractivity (Wildman–Crippen MR) is 73.5 cm³/mol. The van der Waals surface area contributed by atoms with Gasteiger partial charge in [-0.3, -0.25) is 24.3 Å². The minimum Gasteiger partial charge on any atom is -0.354 e. The molecule has 0 aromatic carbocycles. The Balaban J connectivity index is 1.70. The van der Waals surface area contributed by atoms with Crippen LogP contribution in [0.5, 0.6) is 0 Å². The molecule has 9 nitrogen and oxygen atoms in total. The van der Waals surface area contributed by atoms with Gasteiger partial charge in [0.05, 0.1) is 4.92 Å². The third-order valence-corrected chi connectivity index (χ3v) is 2.93. The molecular formula is C12H16N6O3. The van der Waals surface area contributed by atoms with E-state index in [2.05, 4.69) is 15.5 Å². The van der Waals surface area contributed by atoms with Gasteiger partial charge in [0.1, 0.15) is 18.9 Å². The minimum absolute atomic E-state index is 0.0331. The van der Waals surface area contributed by atoms with Crippen LogP contribution < -0.4 is 5.32 Å². The smallest absolute Gasteiger partial charge is 0.307 e. The number of nitrogens with one attached hydrogen (secondary N) is 1. The molecule has 2 heterocycles. The first-order valence-electron chi connectivity index (χ1n) is 6.48. The van der Waals surface area contributed by atoms with Crippen molar-refractivity contribution in [2.75, 3.05) is 6.54 Å². The van der Waals surface area contributed by atoms with E-state index in [-0.39, 0.29) is 18.1 Å². The quantitative estimate of drug-likeness (QED) is 0.454. The summed E-state index contributed by atoms with van der Waals surface area (Å²) in [6.45, 7) is 3.18. The molecular weight excluding hydrogens is 276 g/mol. The van der Waals surface area contributed by atoms with Crippen LogP contribution in [0, 0.1) is 17.0 Å². The number of carbonyl (C=O) groups is 1. The topological polar surface area (TPSA) is 108 Å². The number of hydrogen-bond donors (Lipinski definition) is 1. The second-order valence-corrected chi connectivity index (χ2v) is 4.55. The molecule has 0 aliphatic rings. The molecule has 0 atom stereocenters. The van der Waals surface area contributed by atoms with Crippen LogP contribution in [0.25, 0.3) is 0 Å². The molecule has 0 bridgehead atoms. The fourth-order valence-corrected chi connectivity index (χ4v) is 1.83. The first kappa shape index (κ1) is 14.7. The summed E-state index contributed by atoms with van der Waals surface area (Å²) in [5.41, 5.74) is 0.946. The largest absolute Gasteiger partial charge is 0.354 e. The van der Waals surface area contributed by atoms with E-state index < -0.39 is 4.92 Å².